The number of nitrogens with zero attached hydrogens (tertiary/aromatic N) is 2. The Morgan fingerprint density at radius 2 is 2.04 bits per heavy atom. The zero-order valence-electron chi connectivity index (χ0n) is 12.5. The highest BCUT2D eigenvalue weighted by Gasteiger charge is 2.08. The monoisotopic (exact) mass is 321 g/mol. The van der Waals surface area contributed by atoms with E-state index >= 15 is 0 Å². The van der Waals surface area contributed by atoms with E-state index in [1.807, 2.05) is 6.07 Å². The van der Waals surface area contributed by atoms with E-state index in [0.29, 0.717) is 23.4 Å². The molecule has 1 aromatic heterocycles. The predicted molar refractivity (Wildman–Crippen MR) is 85.3 cm³/mol. The third-order valence-corrected chi connectivity index (χ3v) is 3.31. The summed E-state index contributed by atoms with van der Waals surface area (Å²) in [5.41, 5.74) is 1.58. The number of H-pyrrole nitrogens is 1. The van der Waals surface area contributed by atoms with Crippen molar-refractivity contribution in [1.82, 2.24) is 10.2 Å². The molecule has 3 aromatic rings. The van der Waals surface area contributed by atoms with E-state index < -0.39 is 5.82 Å². The number of ether oxygens (including phenoxy) is 1. The Kier molecular flexibility index (Phi) is 4.34. The van der Waals surface area contributed by atoms with Crippen LogP contribution in [0.25, 0.3) is 0 Å². The van der Waals surface area contributed by atoms with Crippen molar-refractivity contribution in [2.75, 3.05) is 0 Å². The number of aromatic nitrogens is 2. The van der Waals surface area contributed by atoms with Crippen molar-refractivity contribution in [2.45, 2.75) is 6.42 Å². The van der Waals surface area contributed by atoms with Crippen LogP contribution in [-0.4, -0.2) is 10.2 Å². The van der Waals surface area contributed by atoms with E-state index in [2.05, 4.69) is 10.2 Å². The summed E-state index contributed by atoms with van der Waals surface area (Å²) in [4.78, 5) is 11.0. The molecule has 0 fully saturated rings. The second-order valence-corrected chi connectivity index (χ2v) is 5.10. The summed E-state index contributed by atoms with van der Waals surface area (Å²) in [7, 11) is 0. The molecule has 6 heteroatoms. The molecule has 5 nitrogen and oxygen atoms in total. The lowest BCUT2D eigenvalue weighted by Crippen LogP contribution is -2.07. The maximum absolute atomic E-state index is 14.0. The molecule has 1 heterocycles. The topological polar surface area (TPSA) is 78.8 Å². The number of hydrogen-bond acceptors (Lipinski definition) is 4. The van der Waals surface area contributed by atoms with Crippen LogP contribution in [0.3, 0.4) is 0 Å². The first kappa shape index (κ1) is 15.4. The summed E-state index contributed by atoms with van der Waals surface area (Å²) in [5.74, 6) is -0.0604. The second kappa shape index (κ2) is 6.75. The fourth-order valence-corrected chi connectivity index (χ4v) is 2.17. The molecule has 0 aliphatic heterocycles. The second-order valence-electron chi connectivity index (χ2n) is 5.10. The molecule has 2 aromatic carbocycles. The van der Waals surface area contributed by atoms with Crippen molar-refractivity contribution in [3.8, 4) is 17.6 Å². The van der Waals surface area contributed by atoms with Gasteiger partial charge in [0.15, 0.2) is 11.6 Å². The minimum atomic E-state index is -0.504. The van der Waals surface area contributed by atoms with Crippen LogP contribution in [0.2, 0.25) is 0 Å². The summed E-state index contributed by atoms with van der Waals surface area (Å²) < 4.78 is 19.5. The van der Waals surface area contributed by atoms with Crippen molar-refractivity contribution in [2.24, 2.45) is 0 Å². The average molecular weight is 321 g/mol. The molecule has 118 valence electrons. The van der Waals surface area contributed by atoms with Crippen molar-refractivity contribution in [3.05, 3.63) is 87.6 Å². The Morgan fingerprint density at radius 1 is 1.17 bits per heavy atom. The number of halogens is 1. The van der Waals surface area contributed by atoms with Crippen molar-refractivity contribution in [1.29, 1.82) is 5.26 Å². The highest BCUT2D eigenvalue weighted by atomic mass is 19.1. The summed E-state index contributed by atoms with van der Waals surface area (Å²) in [6, 6.07) is 16.0. The van der Waals surface area contributed by atoms with Crippen LogP contribution in [0.1, 0.15) is 16.8 Å². The zero-order valence-corrected chi connectivity index (χ0v) is 12.5. The van der Waals surface area contributed by atoms with Gasteiger partial charge in [-0.3, -0.25) is 4.79 Å². The molecule has 1 N–H and O–H groups in total. The number of aromatic amines is 1. The molecule has 0 saturated carbocycles. The van der Waals surface area contributed by atoms with Crippen LogP contribution in [-0.2, 0) is 6.42 Å². The Hall–Kier alpha value is -3.46. The van der Waals surface area contributed by atoms with Gasteiger partial charge in [-0.05, 0) is 42.0 Å². The van der Waals surface area contributed by atoms with Gasteiger partial charge in [-0.2, -0.15) is 10.4 Å². The molecule has 0 unspecified atom stereocenters. The highest BCUT2D eigenvalue weighted by molar-refractivity contribution is 5.40. The van der Waals surface area contributed by atoms with Crippen LogP contribution in [0.5, 0.6) is 11.5 Å². The van der Waals surface area contributed by atoms with Crippen molar-refractivity contribution in [3.63, 3.8) is 0 Å². The summed E-state index contributed by atoms with van der Waals surface area (Å²) in [5, 5.41) is 15.2. The van der Waals surface area contributed by atoms with Crippen molar-refractivity contribution >= 4 is 0 Å². The fourth-order valence-electron chi connectivity index (χ4n) is 2.17. The van der Waals surface area contributed by atoms with Crippen LogP contribution in [0.15, 0.2) is 59.4 Å². The summed E-state index contributed by atoms with van der Waals surface area (Å²) >= 11 is 0. The molecule has 0 radical (unpaired) electrons. The van der Waals surface area contributed by atoms with Gasteiger partial charge in [0.25, 0.3) is 5.56 Å². The van der Waals surface area contributed by atoms with E-state index in [1.54, 1.807) is 36.4 Å². The lowest BCUT2D eigenvalue weighted by Gasteiger charge is -2.09. The quantitative estimate of drug-likeness (QED) is 0.800. The summed E-state index contributed by atoms with van der Waals surface area (Å²) in [6.07, 6.45) is 0.422. The summed E-state index contributed by atoms with van der Waals surface area (Å²) in [6.45, 7) is 0. The predicted octanol–water partition coefficient (Wildman–Crippen LogP) is 3.16. The first-order valence-electron chi connectivity index (χ1n) is 7.15. The largest absolute Gasteiger partial charge is 0.454 e. The molecule has 0 aliphatic rings. The van der Waals surface area contributed by atoms with E-state index in [4.69, 9.17) is 10.00 Å². The smallest absolute Gasteiger partial charge is 0.264 e. The van der Waals surface area contributed by atoms with Crippen LogP contribution < -0.4 is 10.3 Å². The lowest BCUT2D eigenvalue weighted by molar-refractivity contribution is 0.441. The number of hydrogen-bond donors (Lipinski definition) is 1. The van der Waals surface area contributed by atoms with Crippen LogP contribution >= 0.6 is 0 Å². The molecule has 0 bridgehead atoms. The standard InChI is InChI=1S/C18H12FN3O2/c19-16-6-4-12(8-14-5-7-18(23)22-21-14)10-17(16)24-15-3-1-2-13(9-15)11-20/h1-7,9-10H,8H2,(H,22,23). The molecule has 24 heavy (non-hydrogen) atoms. The van der Waals surface area contributed by atoms with Gasteiger partial charge in [-0.15, -0.1) is 0 Å². The van der Waals surface area contributed by atoms with Crippen molar-refractivity contribution < 1.29 is 9.13 Å². The van der Waals surface area contributed by atoms with Gasteiger partial charge in [-0.25, -0.2) is 9.49 Å². The minimum Gasteiger partial charge on any atom is -0.454 e. The third kappa shape index (κ3) is 3.65. The number of nitriles is 1. The average Bonchev–Trinajstić information content (AvgIpc) is 2.60. The van der Waals surface area contributed by atoms with Gasteiger partial charge in [0.2, 0.25) is 0 Å². The maximum Gasteiger partial charge on any atom is 0.264 e. The van der Waals surface area contributed by atoms with Gasteiger partial charge < -0.3 is 4.74 Å². The van der Waals surface area contributed by atoms with Gasteiger partial charge in [0.1, 0.15) is 5.75 Å². The zero-order chi connectivity index (χ0) is 16.9. The number of rotatable bonds is 4. The number of benzene rings is 2. The van der Waals surface area contributed by atoms with E-state index in [0.717, 1.165) is 5.56 Å². The molecule has 0 saturated heterocycles. The normalized spacial score (nSPS) is 10.2. The molecular weight excluding hydrogens is 309 g/mol. The third-order valence-electron chi connectivity index (χ3n) is 3.31. The molecule has 3 rings (SSSR count). The van der Waals surface area contributed by atoms with Crippen LogP contribution in [0, 0.1) is 17.1 Å². The maximum atomic E-state index is 14.0. The highest BCUT2D eigenvalue weighted by Crippen LogP contribution is 2.26. The van der Waals surface area contributed by atoms with E-state index in [1.165, 1.54) is 18.2 Å². The lowest BCUT2D eigenvalue weighted by atomic mass is 10.1. The number of nitrogens with one attached hydrogen (secondary N) is 1. The molecular formula is C18H12FN3O2. The van der Waals surface area contributed by atoms with E-state index in [-0.39, 0.29) is 11.3 Å². The fraction of sp³-hybridized carbons (Fsp3) is 0.0556. The molecule has 0 atom stereocenters. The van der Waals surface area contributed by atoms with Gasteiger partial charge in [0.05, 0.1) is 17.3 Å². The molecule has 0 spiro atoms. The van der Waals surface area contributed by atoms with Gasteiger partial charge in [0, 0.05) is 12.5 Å². The van der Waals surface area contributed by atoms with Crippen LogP contribution in [0.4, 0.5) is 4.39 Å². The van der Waals surface area contributed by atoms with Gasteiger partial charge in [-0.1, -0.05) is 12.1 Å². The first-order chi connectivity index (χ1) is 11.6. The molecule has 0 aliphatic carbocycles. The SMILES string of the molecule is N#Cc1cccc(Oc2cc(Cc3ccc(=O)[nH]n3)ccc2F)c1. The molecule has 0 amide bonds. The Bertz CT molecular complexity index is 956. The van der Waals surface area contributed by atoms with Gasteiger partial charge >= 0.3 is 0 Å². The Labute approximate surface area is 137 Å². The van der Waals surface area contributed by atoms with E-state index in [9.17, 15) is 9.18 Å². The Morgan fingerprint density at radius 3 is 2.79 bits per heavy atom. The Balaban J connectivity index is 1.84. The first-order valence-corrected chi connectivity index (χ1v) is 7.15. The minimum absolute atomic E-state index is 0.0621.